The lowest BCUT2D eigenvalue weighted by atomic mass is 9.78. The minimum absolute atomic E-state index is 0.942. The molecular formula is C16H22BrNO. The summed E-state index contributed by atoms with van der Waals surface area (Å²) in [5.74, 6) is 2.84. The van der Waals surface area contributed by atoms with Gasteiger partial charge in [-0.25, -0.2) is 0 Å². The van der Waals surface area contributed by atoms with Gasteiger partial charge in [0.25, 0.3) is 0 Å². The van der Waals surface area contributed by atoms with Crippen LogP contribution < -0.4 is 4.74 Å². The third-order valence-corrected chi connectivity index (χ3v) is 5.34. The van der Waals surface area contributed by atoms with Crippen molar-refractivity contribution in [3.8, 4) is 5.75 Å². The lowest BCUT2D eigenvalue weighted by molar-refractivity contribution is 0.0806. The Morgan fingerprint density at radius 1 is 1.26 bits per heavy atom. The first kappa shape index (κ1) is 13.4. The van der Waals surface area contributed by atoms with Crippen LogP contribution in [0, 0.1) is 11.8 Å². The van der Waals surface area contributed by atoms with E-state index >= 15 is 0 Å². The van der Waals surface area contributed by atoms with Gasteiger partial charge in [0.1, 0.15) is 5.75 Å². The molecule has 19 heavy (non-hydrogen) atoms. The Hall–Kier alpha value is -0.540. The number of nitrogens with zero attached hydrogens (tertiary/aromatic N) is 1. The Morgan fingerprint density at radius 3 is 2.68 bits per heavy atom. The van der Waals surface area contributed by atoms with Crippen LogP contribution in [0.25, 0.3) is 0 Å². The van der Waals surface area contributed by atoms with Crippen LogP contribution in [-0.2, 0) is 6.54 Å². The Bertz CT molecular complexity index is 436. The lowest BCUT2D eigenvalue weighted by Crippen LogP contribution is -2.42. The van der Waals surface area contributed by atoms with Crippen LogP contribution in [-0.4, -0.2) is 25.1 Å². The summed E-state index contributed by atoms with van der Waals surface area (Å²) in [5.41, 5.74) is 1.35. The molecule has 3 rings (SSSR count). The summed E-state index contributed by atoms with van der Waals surface area (Å²) in [5, 5.41) is 0. The van der Waals surface area contributed by atoms with Crippen molar-refractivity contribution in [2.75, 3.05) is 20.2 Å². The molecule has 2 fully saturated rings. The fourth-order valence-corrected chi connectivity index (χ4v) is 4.08. The molecule has 0 amide bonds. The third-order valence-electron chi connectivity index (χ3n) is 4.57. The number of hydrogen-bond donors (Lipinski definition) is 0. The van der Waals surface area contributed by atoms with Crippen LogP contribution in [0.1, 0.15) is 31.2 Å². The maximum atomic E-state index is 5.33. The first-order valence-corrected chi connectivity index (χ1v) is 8.08. The zero-order chi connectivity index (χ0) is 13.2. The normalized spacial score (nSPS) is 27.3. The predicted octanol–water partition coefficient (Wildman–Crippen LogP) is 4.08. The highest BCUT2D eigenvalue weighted by atomic mass is 79.9. The molecule has 1 aromatic carbocycles. The first-order chi connectivity index (χ1) is 9.24. The van der Waals surface area contributed by atoms with Gasteiger partial charge in [0.2, 0.25) is 0 Å². The fourth-order valence-electron chi connectivity index (χ4n) is 3.71. The topological polar surface area (TPSA) is 12.5 Å². The van der Waals surface area contributed by atoms with Crippen molar-refractivity contribution in [3.05, 3.63) is 28.2 Å². The molecule has 104 valence electrons. The van der Waals surface area contributed by atoms with E-state index in [1.165, 1.54) is 48.8 Å². The van der Waals surface area contributed by atoms with Gasteiger partial charge in [-0.15, -0.1) is 0 Å². The standard InChI is InChI=1S/C16H22BrNO/c1-19-15-5-6-16(17)14(8-15)11-18-9-12-3-2-4-13(7-12)10-18/h5-6,8,12-13H,2-4,7,9-11H2,1H3. The Labute approximate surface area is 124 Å². The van der Waals surface area contributed by atoms with Crippen molar-refractivity contribution in [3.63, 3.8) is 0 Å². The van der Waals surface area contributed by atoms with E-state index in [2.05, 4.69) is 33.0 Å². The van der Waals surface area contributed by atoms with E-state index in [4.69, 9.17) is 4.74 Å². The summed E-state index contributed by atoms with van der Waals surface area (Å²) in [6.45, 7) is 3.60. The summed E-state index contributed by atoms with van der Waals surface area (Å²) in [4.78, 5) is 2.64. The van der Waals surface area contributed by atoms with Crippen molar-refractivity contribution in [1.29, 1.82) is 0 Å². The summed E-state index contributed by atoms with van der Waals surface area (Å²) in [6.07, 6.45) is 5.79. The van der Waals surface area contributed by atoms with Gasteiger partial charge in [-0.1, -0.05) is 22.4 Å². The number of rotatable bonds is 3. The van der Waals surface area contributed by atoms with Gasteiger partial charge in [-0.2, -0.15) is 0 Å². The third kappa shape index (κ3) is 3.14. The van der Waals surface area contributed by atoms with Gasteiger partial charge >= 0.3 is 0 Å². The van der Waals surface area contributed by atoms with E-state index in [9.17, 15) is 0 Å². The van der Waals surface area contributed by atoms with Crippen molar-refractivity contribution in [2.45, 2.75) is 32.2 Å². The molecule has 0 spiro atoms. The summed E-state index contributed by atoms with van der Waals surface area (Å²) in [6, 6.07) is 6.27. The summed E-state index contributed by atoms with van der Waals surface area (Å²) >= 11 is 3.67. The number of likely N-dealkylation sites (tertiary alicyclic amines) is 1. The smallest absolute Gasteiger partial charge is 0.119 e. The Balaban J connectivity index is 1.70. The van der Waals surface area contributed by atoms with Crippen molar-refractivity contribution < 1.29 is 4.74 Å². The largest absolute Gasteiger partial charge is 0.497 e. The van der Waals surface area contributed by atoms with Gasteiger partial charge in [0.05, 0.1) is 7.11 Å². The number of ether oxygens (including phenoxy) is 1. The SMILES string of the molecule is COc1ccc(Br)c(CN2CC3CCCC(C3)C2)c1. The van der Waals surface area contributed by atoms with Gasteiger partial charge in [-0.05, 0) is 54.9 Å². The zero-order valence-corrected chi connectivity index (χ0v) is 13.2. The Morgan fingerprint density at radius 2 is 2.00 bits per heavy atom. The maximum Gasteiger partial charge on any atom is 0.119 e. The van der Waals surface area contributed by atoms with Gasteiger partial charge in [0.15, 0.2) is 0 Å². The number of hydrogen-bond acceptors (Lipinski definition) is 2. The van der Waals surface area contributed by atoms with Crippen molar-refractivity contribution >= 4 is 15.9 Å². The molecule has 0 radical (unpaired) electrons. The zero-order valence-electron chi connectivity index (χ0n) is 11.6. The van der Waals surface area contributed by atoms with Crippen LogP contribution in [0.4, 0.5) is 0 Å². The quantitative estimate of drug-likeness (QED) is 0.831. The molecule has 1 aliphatic carbocycles. The molecule has 2 atom stereocenters. The molecule has 1 aromatic rings. The van der Waals surface area contributed by atoms with E-state index in [0.717, 1.165) is 24.1 Å². The second kappa shape index (κ2) is 5.84. The number of methoxy groups -OCH3 is 1. The van der Waals surface area contributed by atoms with E-state index in [-0.39, 0.29) is 0 Å². The summed E-state index contributed by atoms with van der Waals surface area (Å²) in [7, 11) is 1.73. The predicted molar refractivity (Wildman–Crippen MR) is 81.4 cm³/mol. The molecule has 2 unspecified atom stereocenters. The van der Waals surface area contributed by atoms with Crippen LogP contribution >= 0.6 is 15.9 Å². The molecule has 1 saturated carbocycles. The second-order valence-electron chi connectivity index (χ2n) is 6.05. The fraction of sp³-hybridized carbons (Fsp3) is 0.625. The lowest BCUT2D eigenvalue weighted by Gasteiger charge is -2.41. The molecule has 0 aromatic heterocycles. The van der Waals surface area contributed by atoms with Crippen LogP contribution in [0.15, 0.2) is 22.7 Å². The minimum Gasteiger partial charge on any atom is -0.497 e. The van der Waals surface area contributed by atoms with E-state index in [0.29, 0.717) is 0 Å². The van der Waals surface area contributed by atoms with Crippen LogP contribution in [0.3, 0.4) is 0 Å². The highest BCUT2D eigenvalue weighted by molar-refractivity contribution is 9.10. The minimum atomic E-state index is 0.942. The maximum absolute atomic E-state index is 5.33. The average Bonchev–Trinajstić information content (AvgIpc) is 2.41. The molecule has 2 aliphatic rings. The number of piperidine rings is 1. The van der Waals surface area contributed by atoms with E-state index in [1.807, 2.05) is 6.07 Å². The molecule has 0 N–H and O–H groups in total. The monoisotopic (exact) mass is 323 g/mol. The van der Waals surface area contributed by atoms with E-state index in [1.54, 1.807) is 7.11 Å². The molecular weight excluding hydrogens is 302 g/mol. The number of halogens is 1. The molecule has 1 aliphatic heterocycles. The van der Waals surface area contributed by atoms with Crippen molar-refractivity contribution in [2.24, 2.45) is 11.8 Å². The molecule has 2 bridgehead atoms. The molecule has 1 saturated heterocycles. The second-order valence-corrected chi connectivity index (χ2v) is 6.90. The van der Waals surface area contributed by atoms with E-state index < -0.39 is 0 Å². The Kier molecular flexibility index (Phi) is 4.13. The molecule has 3 heteroatoms. The van der Waals surface area contributed by atoms with Crippen LogP contribution in [0.5, 0.6) is 5.75 Å². The highest BCUT2D eigenvalue weighted by Crippen LogP contribution is 2.35. The number of benzene rings is 1. The van der Waals surface area contributed by atoms with Gasteiger partial charge in [0, 0.05) is 24.1 Å². The molecule has 2 nitrogen and oxygen atoms in total. The molecule has 1 heterocycles. The van der Waals surface area contributed by atoms with Gasteiger partial charge in [-0.3, -0.25) is 4.90 Å². The average molecular weight is 324 g/mol. The van der Waals surface area contributed by atoms with Gasteiger partial charge < -0.3 is 4.74 Å². The highest BCUT2D eigenvalue weighted by Gasteiger charge is 2.30. The number of fused-ring (bicyclic) bond motifs is 2. The first-order valence-electron chi connectivity index (χ1n) is 7.29. The van der Waals surface area contributed by atoms with Crippen molar-refractivity contribution in [1.82, 2.24) is 4.90 Å². The van der Waals surface area contributed by atoms with Crippen LogP contribution in [0.2, 0.25) is 0 Å². The summed E-state index contributed by atoms with van der Waals surface area (Å²) < 4.78 is 6.53.